The molecule has 0 heterocycles. The molecule has 0 spiro atoms. The number of esters is 1. The molecule has 5 nitrogen and oxygen atoms in total. The molecule has 0 aliphatic heterocycles. The third kappa shape index (κ3) is 3.37. The highest BCUT2D eigenvalue weighted by atomic mass is 16.5. The van der Waals surface area contributed by atoms with Gasteiger partial charge in [0.2, 0.25) is 0 Å². The van der Waals surface area contributed by atoms with Gasteiger partial charge >= 0.3 is 5.97 Å². The molecule has 146 valence electrons. The van der Waals surface area contributed by atoms with Crippen LogP contribution in [0.5, 0.6) is 5.75 Å². The predicted molar refractivity (Wildman–Crippen MR) is 107 cm³/mol. The van der Waals surface area contributed by atoms with Crippen molar-refractivity contribution in [3.63, 3.8) is 0 Å². The number of benzene rings is 2. The molecule has 1 amide bonds. The van der Waals surface area contributed by atoms with Gasteiger partial charge in [0.15, 0.2) is 0 Å². The molecule has 2 aliphatic rings. The highest BCUT2D eigenvalue weighted by Crippen LogP contribution is 2.41. The molecule has 4 rings (SSSR count). The molecule has 0 radical (unpaired) electrons. The molecular weight excluding hydrogens is 354 g/mol. The maximum absolute atomic E-state index is 12.9. The van der Waals surface area contributed by atoms with E-state index in [1.165, 1.54) is 56.6 Å². The van der Waals surface area contributed by atoms with Crippen molar-refractivity contribution in [3.05, 3.63) is 58.1 Å². The number of carbonyl (C=O) groups excluding carboxylic acids is 2. The number of methoxy groups -OCH3 is 2. The summed E-state index contributed by atoms with van der Waals surface area (Å²) in [7, 11) is 2.81. The maximum Gasteiger partial charge on any atom is 0.341 e. The van der Waals surface area contributed by atoms with Crippen LogP contribution >= 0.6 is 0 Å². The number of hydrogen-bond donors (Lipinski definition) is 1. The van der Waals surface area contributed by atoms with Crippen LogP contribution in [0.4, 0.5) is 5.69 Å². The van der Waals surface area contributed by atoms with Crippen LogP contribution in [-0.4, -0.2) is 26.1 Å². The predicted octanol–water partition coefficient (Wildman–Crippen LogP) is 4.49. The van der Waals surface area contributed by atoms with E-state index in [9.17, 15) is 9.59 Å². The van der Waals surface area contributed by atoms with Crippen molar-refractivity contribution in [1.82, 2.24) is 0 Å². The lowest BCUT2D eigenvalue weighted by Crippen LogP contribution is -2.20. The van der Waals surface area contributed by atoms with Gasteiger partial charge in [-0.2, -0.15) is 0 Å². The van der Waals surface area contributed by atoms with E-state index >= 15 is 0 Å². The highest BCUT2D eigenvalue weighted by molar-refractivity contribution is 6.05. The van der Waals surface area contributed by atoms with Crippen molar-refractivity contribution < 1.29 is 19.1 Å². The first-order chi connectivity index (χ1) is 13.6. The molecule has 5 heteroatoms. The first-order valence-corrected chi connectivity index (χ1v) is 9.84. The fraction of sp³-hybridized carbons (Fsp3) is 0.391. The van der Waals surface area contributed by atoms with Crippen LogP contribution < -0.4 is 10.1 Å². The molecule has 0 atom stereocenters. The number of carbonyl (C=O) groups is 2. The van der Waals surface area contributed by atoms with Gasteiger partial charge in [0.1, 0.15) is 11.3 Å². The van der Waals surface area contributed by atoms with Crippen LogP contribution in [0.15, 0.2) is 30.3 Å². The van der Waals surface area contributed by atoms with Crippen LogP contribution in [0.1, 0.15) is 69.0 Å². The minimum atomic E-state index is -0.474. The van der Waals surface area contributed by atoms with Gasteiger partial charge in [-0.25, -0.2) is 4.79 Å². The number of amides is 1. The zero-order chi connectivity index (χ0) is 19.7. The first-order valence-electron chi connectivity index (χ1n) is 9.84. The van der Waals surface area contributed by atoms with Crippen LogP contribution in [0.25, 0.3) is 0 Å². The van der Waals surface area contributed by atoms with Crippen LogP contribution in [0.2, 0.25) is 0 Å². The second-order valence-electron chi connectivity index (χ2n) is 7.55. The normalized spacial score (nSPS) is 15.5. The quantitative estimate of drug-likeness (QED) is 0.795. The summed E-state index contributed by atoms with van der Waals surface area (Å²) in [4.78, 5) is 24.7. The summed E-state index contributed by atoms with van der Waals surface area (Å²) in [5.74, 6) is 0.436. The van der Waals surface area contributed by atoms with Crippen LogP contribution in [0, 0.1) is 0 Å². The molecule has 0 fully saturated rings. The van der Waals surface area contributed by atoms with Gasteiger partial charge in [-0.1, -0.05) is 0 Å². The van der Waals surface area contributed by atoms with Gasteiger partial charge in [0.25, 0.3) is 5.91 Å². The van der Waals surface area contributed by atoms with Gasteiger partial charge in [-0.3, -0.25) is 4.79 Å². The largest absolute Gasteiger partial charge is 0.496 e. The van der Waals surface area contributed by atoms with Crippen molar-refractivity contribution in [1.29, 1.82) is 0 Å². The van der Waals surface area contributed by atoms with Crippen molar-refractivity contribution in [3.8, 4) is 5.75 Å². The molecule has 0 saturated carbocycles. The molecule has 2 aromatic rings. The van der Waals surface area contributed by atoms with E-state index in [0.29, 0.717) is 28.5 Å². The van der Waals surface area contributed by atoms with Crippen molar-refractivity contribution in [2.24, 2.45) is 0 Å². The summed E-state index contributed by atoms with van der Waals surface area (Å²) in [6.07, 6.45) is 7.07. The Morgan fingerprint density at radius 2 is 1.68 bits per heavy atom. The monoisotopic (exact) mass is 379 g/mol. The maximum atomic E-state index is 12.9. The minimum absolute atomic E-state index is 0.139. The topological polar surface area (TPSA) is 64.6 Å². The van der Waals surface area contributed by atoms with Gasteiger partial charge < -0.3 is 14.8 Å². The van der Waals surface area contributed by atoms with E-state index in [-0.39, 0.29) is 5.91 Å². The Hall–Kier alpha value is -2.82. The summed E-state index contributed by atoms with van der Waals surface area (Å²) >= 11 is 0. The minimum Gasteiger partial charge on any atom is -0.496 e. The molecule has 0 aromatic heterocycles. The second kappa shape index (κ2) is 7.66. The smallest absolute Gasteiger partial charge is 0.341 e. The van der Waals surface area contributed by atoms with Crippen molar-refractivity contribution >= 4 is 17.6 Å². The fourth-order valence-electron chi connectivity index (χ4n) is 4.61. The van der Waals surface area contributed by atoms with Gasteiger partial charge in [-0.05, 0) is 85.4 Å². The Labute approximate surface area is 165 Å². The van der Waals surface area contributed by atoms with E-state index in [2.05, 4.69) is 17.4 Å². The lowest BCUT2D eigenvalue weighted by molar-refractivity contribution is 0.0597. The highest BCUT2D eigenvalue weighted by Gasteiger charge is 2.27. The molecular formula is C23H25NO4. The van der Waals surface area contributed by atoms with Crippen LogP contribution in [-0.2, 0) is 17.6 Å². The standard InChI is InChI=1S/C23H25NO4/c1-27-20-13-18(9-10-19(20)23(26)28-2)24-22(25)17-11-15-7-3-5-14-6-4-8-16(12-17)21(14)15/h9-14H,3-8H2,1-2H3,(H,24,25). The Morgan fingerprint density at radius 1 is 1.00 bits per heavy atom. The Bertz CT molecular complexity index is 903. The SMILES string of the molecule is COC(=O)c1ccc(NC(=O)c2cc3c4c(c2)CCCC4CCC3)cc1OC. The van der Waals surface area contributed by atoms with E-state index in [1.54, 1.807) is 18.2 Å². The number of hydrogen-bond acceptors (Lipinski definition) is 4. The van der Waals surface area contributed by atoms with E-state index < -0.39 is 5.97 Å². The van der Waals surface area contributed by atoms with Gasteiger partial charge in [0.05, 0.1) is 14.2 Å². The zero-order valence-electron chi connectivity index (χ0n) is 16.3. The number of nitrogens with one attached hydrogen (secondary N) is 1. The number of rotatable bonds is 4. The lowest BCUT2D eigenvalue weighted by atomic mass is 9.73. The third-order valence-electron chi connectivity index (χ3n) is 5.88. The molecule has 28 heavy (non-hydrogen) atoms. The summed E-state index contributed by atoms with van der Waals surface area (Å²) in [6, 6.07) is 9.05. The molecule has 1 N–H and O–H groups in total. The van der Waals surface area contributed by atoms with E-state index in [4.69, 9.17) is 9.47 Å². The summed E-state index contributed by atoms with van der Waals surface area (Å²) in [5.41, 5.74) is 5.81. The zero-order valence-corrected chi connectivity index (χ0v) is 16.3. The van der Waals surface area contributed by atoms with E-state index in [1.807, 2.05) is 0 Å². The molecule has 0 bridgehead atoms. The van der Waals surface area contributed by atoms with Gasteiger partial charge in [-0.15, -0.1) is 0 Å². The number of aryl methyl sites for hydroxylation is 2. The Morgan fingerprint density at radius 3 is 2.29 bits per heavy atom. The molecule has 0 unspecified atom stereocenters. The summed E-state index contributed by atoms with van der Waals surface area (Å²) in [5, 5.41) is 2.93. The van der Waals surface area contributed by atoms with Crippen LogP contribution in [0.3, 0.4) is 0 Å². The average molecular weight is 379 g/mol. The second-order valence-corrected chi connectivity index (χ2v) is 7.55. The Balaban J connectivity index is 1.60. The number of anilines is 1. The lowest BCUT2D eigenvalue weighted by Gasteiger charge is -2.32. The first kappa shape index (κ1) is 18.5. The number of ether oxygens (including phenoxy) is 2. The average Bonchev–Trinajstić information content (AvgIpc) is 2.73. The van der Waals surface area contributed by atoms with Crippen molar-refractivity contribution in [2.75, 3.05) is 19.5 Å². The molecule has 2 aliphatic carbocycles. The molecule has 0 saturated heterocycles. The summed E-state index contributed by atoms with van der Waals surface area (Å²) in [6.45, 7) is 0. The van der Waals surface area contributed by atoms with Crippen molar-refractivity contribution in [2.45, 2.75) is 44.4 Å². The fourth-order valence-corrected chi connectivity index (χ4v) is 4.61. The van der Waals surface area contributed by atoms with E-state index in [0.717, 1.165) is 12.8 Å². The third-order valence-corrected chi connectivity index (χ3v) is 5.88. The van der Waals surface area contributed by atoms with Gasteiger partial charge in [0, 0.05) is 17.3 Å². The summed E-state index contributed by atoms with van der Waals surface area (Å²) < 4.78 is 10.0. The molecule has 2 aromatic carbocycles. The Kier molecular flexibility index (Phi) is 5.07.